The Hall–Kier alpha value is -2.05. The predicted octanol–water partition coefficient (Wildman–Crippen LogP) is 4.98. The van der Waals surface area contributed by atoms with E-state index in [1.54, 1.807) is 12.3 Å². The predicted molar refractivity (Wildman–Crippen MR) is 116 cm³/mol. The molecule has 1 heterocycles. The van der Waals surface area contributed by atoms with Gasteiger partial charge in [-0.25, -0.2) is 4.68 Å². The molecule has 1 aromatic carbocycles. The lowest BCUT2D eigenvalue weighted by atomic mass is 9.47. The van der Waals surface area contributed by atoms with Crippen molar-refractivity contribution in [3.05, 3.63) is 50.4 Å². The lowest BCUT2D eigenvalue weighted by Crippen LogP contribution is -2.61. The molecule has 0 spiro atoms. The van der Waals surface area contributed by atoms with E-state index in [9.17, 15) is 14.7 Å². The fourth-order valence-corrected chi connectivity index (χ4v) is 6.75. The maximum absolute atomic E-state index is 13.2. The molecule has 1 aromatic heterocycles. The van der Waals surface area contributed by atoms with Gasteiger partial charge in [0.05, 0.1) is 22.8 Å². The van der Waals surface area contributed by atoms with E-state index in [1.165, 1.54) is 4.68 Å². The molecule has 2 N–H and O–H groups in total. The van der Waals surface area contributed by atoms with Gasteiger partial charge in [0, 0.05) is 10.7 Å². The standard InChI is InChI=1S/C22H23Cl2N3O3/c1-12-2-3-15(5-16(12)23)26-17-10-25-27(19(28)18(17)24)22-8-13-4-14(9-22)7-21(6-13,11-22)20(29)30/h2-3,5,10,13-14,26H,4,6-9,11H2,1H3,(H,29,30). The average molecular weight is 448 g/mol. The van der Waals surface area contributed by atoms with Crippen molar-refractivity contribution in [3.8, 4) is 0 Å². The molecule has 158 valence electrons. The first-order valence-electron chi connectivity index (χ1n) is 10.3. The highest BCUT2D eigenvalue weighted by Gasteiger charge is 2.62. The summed E-state index contributed by atoms with van der Waals surface area (Å²) in [6.07, 6.45) is 6.06. The fraction of sp³-hybridized carbons (Fsp3) is 0.500. The second-order valence-corrected chi connectivity index (χ2v) is 10.2. The summed E-state index contributed by atoms with van der Waals surface area (Å²) in [7, 11) is 0. The van der Waals surface area contributed by atoms with E-state index in [0.29, 0.717) is 47.5 Å². The Kier molecular flexibility index (Phi) is 4.46. The molecule has 4 saturated carbocycles. The van der Waals surface area contributed by atoms with E-state index in [-0.39, 0.29) is 10.6 Å². The third-order valence-corrected chi connectivity index (χ3v) is 8.08. The first-order chi connectivity index (χ1) is 14.2. The summed E-state index contributed by atoms with van der Waals surface area (Å²) >= 11 is 12.7. The van der Waals surface area contributed by atoms with Gasteiger partial charge in [0.25, 0.3) is 5.56 Å². The summed E-state index contributed by atoms with van der Waals surface area (Å²) in [5, 5.41) is 18.2. The zero-order valence-electron chi connectivity index (χ0n) is 16.6. The average Bonchev–Trinajstić information content (AvgIpc) is 2.67. The number of aliphatic carboxylic acids is 1. The van der Waals surface area contributed by atoms with Crippen LogP contribution in [0.25, 0.3) is 0 Å². The van der Waals surface area contributed by atoms with Gasteiger partial charge in [0.15, 0.2) is 0 Å². The highest BCUT2D eigenvalue weighted by Crippen LogP contribution is 2.63. The van der Waals surface area contributed by atoms with E-state index in [0.717, 1.165) is 24.8 Å². The van der Waals surface area contributed by atoms with Gasteiger partial charge in [-0.1, -0.05) is 29.3 Å². The Labute approximate surface area is 184 Å². The summed E-state index contributed by atoms with van der Waals surface area (Å²) in [5.41, 5.74) is 0.405. The van der Waals surface area contributed by atoms with Crippen molar-refractivity contribution in [2.75, 3.05) is 5.32 Å². The lowest BCUT2D eigenvalue weighted by molar-refractivity contribution is -0.173. The van der Waals surface area contributed by atoms with Crippen molar-refractivity contribution >= 4 is 40.5 Å². The Morgan fingerprint density at radius 3 is 2.57 bits per heavy atom. The van der Waals surface area contributed by atoms with Gasteiger partial charge < -0.3 is 10.4 Å². The van der Waals surface area contributed by atoms with Gasteiger partial charge in [-0.15, -0.1) is 0 Å². The molecular formula is C22H23Cl2N3O3. The number of halogens is 2. The maximum atomic E-state index is 13.2. The monoisotopic (exact) mass is 447 g/mol. The minimum Gasteiger partial charge on any atom is -0.481 e. The van der Waals surface area contributed by atoms with E-state index in [2.05, 4.69) is 10.4 Å². The fourth-order valence-electron chi connectivity index (χ4n) is 6.40. The maximum Gasteiger partial charge on any atom is 0.309 e. The summed E-state index contributed by atoms with van der Waals surface area (Å²) in [5.74, 6) is -0.0979. The molecule has 8 heteroatoms. The van der Waals surface area contributed by atoms with Gasteiger partial charge >= 0.3 is 5.97 Å². The van der Waals surface area contributed by atoms with Crippen molar-refractivity contribution in [3.63, 3.8) is 0 Å². The molecule has 30 heavy (non-hydrogen) atoms. The number of nitrogens with zero attached hydrogens (tertiary/aromatic N) is 2. The van der Waals surface area contributed by atoms with Crippen LogP contribution in [0.5, 0.6) is 0 Å². The van der Waals surface area contributed by atoms with Gasteiger partial charge in [0.2, 0.25) is 0 Å². The minimum atomic E-state index is -0.743. The van der Waals surface area contributed by atoms with Crippen LogP contribution >= 0.6 is 23.2 Å². The Bertz CT molecular complexity index is 1100. The summed E-state index contributed by atoms with van der Waals surface area (Å²) in [6.45, 7) is 1.91. The van der Waals surface area contributed by atoms with Crippen LogP contribution in [-0.4, -0.2) is 20.9 Å². The normalized spacial score (nSPS) is 31.7. The molecule has 4 aliphatic carbocycles. The molecule has 6 nitrogen and oxygen atoms in total. The van der Waals surface area contributed by atoms with Crippen LogP contribution in [0, 0.1) is 24.2 Å². The van der Waals surface area contributed by atoms with Gasteiger partial charge in [-0.3, -0.25) is 9.59 Å². The number of aryl methyl sites for hydroxylation is 1. The van der Waals surface area contributed by atoms with E-state index in [4.69, 9.17) is 23.2 Å². The topological polar surface area (TPSA) is 84.2 Å². The lowest BCUT2D eigenvalue weighted by Gasteiger charge is -2.60. The van der Waals surface area contributed by atoms with Crippen LogP contribution in [0.4, 0.5) is 11.4 Å². The Morgan fingerprint density at radius 1 is 1.23 bits per heavy atom. The number of benzene rings is 1. The zero-order valence-corrected chi connectivity index (χ0v) is 18.1. The number of carbonyl (C=O) groups is 1. The zero-order chi connectivity index (χ0) is 21.3. The number of carboxylic acid groups (broad SMARTS) is 1. The molecule has 2 unspecified atom stereocenters. The number of aromatic nitrogens is 2. The molecule has 4 aliphatic rings. The van der Waals surface area contributed by atoms with Crippen LogP contribution in [0.1, 0.15) is 44.1 Å². The highest BCUT2D eigenvalue weighted by atomic mass is 35.5. The van der Waals surface area contributed by atoms with Gasteiger partial charge in [0.1, 0.15) is 5.02 Å². The van der Waals surface area contributed by atoms with Crippen LogP contribution < -0.4 is 10.9 Å². The molecule has 0 radical (unpaired) electrons. The Morgan fingerprint density at radius 2 is 1.93 bits per heavy atom. The number of carboxylic acids is 1. The molecule has 2 atom stereocenters. The highest BCUT2D eigenvalue weighted by molar-refractivity contribution is 6.33. The third kappa shape index (κ3) is 2.95. The van der Waals surface area contributed by atoms with Crippen LogP contribution in [-0.2, 0) is 10.3 Å². The molecule has 6 rings (SSSR count). The smallest absolute Gasteiger partial charge is 0.309 e. The molecule has 2 aromatic rings. The SMILES string of the molecule is Cc1ccc(Nc2cnn(C34CC5CC(CC(C(=O)O)(C5)C3)C4)c(=O)c2Cl)cc1Cl. The summed E-state index contributed by atoms with van der Waals surface area (Å²) < 4.78 is 1.48. The second kappa shape index (κ2) is 6.72. The third-order valence-electron chi connectivity index (χ3n) is 7.30. The van der Waals surface area contributed by atoms with Crippen molar-refractivity contribution in [2.45, 2.75) is 51.0 Å². The van der Waals surface area contributed by atoms with E-state index >= 15 is 0 Å². The number of nitrogens with one attached hydrogen (secondary N) is 1. The summed E-state index contributed by atoms with van der Waals surface area (Å²) in [4.78, 5) is 25.4. The molecule has 0 aliphatic heterocycles. The largest absolute Gasteiger partial charge is 0.481 e. The number of hydrogen-bond donors (Lipinski definition) is 2. The molecule has 4 bridgehead atoms. The van der Waals surface area contributed by atoms with Crippen LogP contribution in [0.2, 0.25) is 10.0 Å². The molecule has 0 saturated heterocycles. The first-order valence-corrected chi connectivity index (χ1v) is 11.0. The molecule has 4 fully saturated rings. The second-order valence-electron chi connectivity index (χ2n) is 9.45. The number of anilines is 2. The van der Waals surface area contributed by atoms with Crippen LogP contribution in [0.15, 0.2) is 29.2 Å². The van der Waals surface area contributed by atoms with Crippen molar-refractivity contribution in [1.82, 2.24) is 9.78 Å². The molecule has 0 amide bonds. The number of rotatable bonds is 4. The Balaban J connectivity index is 1.52. The van der Waals surface area contributed by atoms with E-state index in [1.807, 2.05) is 19.1 Å². The van der Waals surface area contributed by atoms with Crippen molar-refractivity contribution in [2.24, 2.45) is 17.3 Å². The van der Waals surface area contributed by atoms with Crippen molar-refractivity contribution < 1.29 is 9.90 Å². The van der Waals surface area contributed by atoms with Gasteiger partial charge in [-0.05, 0) is 75.0 Å². The van der Waals surface area contributed by atoms with Crippen molar-refractivity contribution in [1.29, 1.82) is 0 Å². The number of hydrogen-bond acceptors (Lipinski definition) is 4. The van der Waals surface area contributed by atoms with Gasteiger partial charge in [-0.2, -0.15) is 5.10 Å². The molecular weight excluding hydrogens is 425 g/mol. The van der Waals surface area contributed by atoms with E-state index < -0.39 is 16.9 Å². The quantitative estimate of drug-likeness (QED) is 0.689. The minimum absolute atomic E-state index is 0.0572. The first kappa shape index (κ1) is 19.9. The van der Waals surface area contributed by atoms with Crippen LogP contribution in [0.3, 0.4) is 0 Å². The summed E-state index contributed by atoms with van der Waals surface area (Å²) in [6, 6.07) is 5.52.